The Bertz CT molecular complexity index is 929. The fourth-order valence-electron chi connectivity index (χ4n) is 2.25. The summed E-state index contributed by atoms with van der Waals surface area (Å²) >= 11 is 0. The summed E-state index contributed by atoms with van der Waals surface area (Å²) in [6, 6.07) is 19.9. The highest BCUT2D eigenvalue weighted by Gasteiger charge is 2.13. The molecule has 3 aromatic carbocycles. The van der Waals surface area contributed by atoms with E-state index >= 15 is 0 Å². The van der Waals surface area contributed by atoms with E-state index in [4.69, 9.17) is 0 Å². The van der Waals surface area contributed by atoms with Crippen LogP contribution >= 0.6 is 0 Å². The second-order valence-electron chi connectivity index (χ2n) is 4.94. The summed E-state index contributed by atoms with van der Waals surface area (Å²) in [7, 11) is -3.59. The number of sulfonamides is 1. The van der Waals surface area contributed by atoms with Gasteiger partial charge in [0.2, 0.25) is 0 Å². The van der Waals surface area contributed by atoms with Crippen LogP contribution in [-0.4, -0.2) is 8.42 Å². The Hall–Kier alpha value is -2.59. The molecule has 0 fully saturated rings. The molecule has 1 N–H and O–H groups in total. The highest BCUT2D eigenvalue weighted by Crippen LogP contribution is 2.22. The minimum atomic E-state index is -3.59. The number of hydrogen-bond acceptors (Lipinski definition) is 2. The maximum absolute atomic E-state index is 12.4. The van der Waals surface area contributed by atoms with E-state index in [1.165, 1.54) is 0 Å². The van der Waals surface area contributed by atoms with E-state index in [0.717, 1.165) is 16.3 Å². The first-order valence-electron chi connectivity index (χ1n) is 6.83. The van der Waals surface area contributed by atoms with Gasteiger partial charge in [-0.3, -0.25) is 4.72 Å². The van der Waals surface area contributed by atoms with Crippen LogP contribution in [0.15, 0.2) is 78.2 Å². The predicted molar refractivity (Wildman–Crippen MR) is 91.3 cm³/mol. The molecular weight excluding hydrogens is 294 g/mol. The summed E-state index contributed by atoms with van der Waals surface area (Å²) < 4.78 is 27.4. The van der Waals surface area contributed by atoms with Gasteiger partial charge in [-0.25, -0.2) is 8.42 Å². The summed E-state index contributed by atoms with van der Waals surface area (Å²) in [6.07, 6.45) is 1.67. The Morgan fingerprint density at radius 1 is 0.864 bits per heavy atom. The summed E-state index contributed by atoms with van der Waals surface area (Å²) in [6.45, 7) is 3.65. The average Bonchev–Trinajstić information content (AvgIpc) is 2.54. The van der Waals surface area contributed by atoms with Crippen LogP contribution in [0.4, 0.5) is 5.69 Å². The van der Waals surface area contributed by atoms with Crippen LogP contribution in [0.5, 0.6) is 0 Å². The lowest BCUT2D eigenvalue weighted by Crippen LogP contribution is -2.12. The molecule has 0 heterocycles. The largest absolute Gasteiger partial charge is 0.280 e. The van der Waals surface area contributed by atoms with Crippen LogP contribution < -0.4 is 4.72 Å². The third-order valence-corrected chi connectivity index (χ3v) is 4.82. The number of benzene rings is 3. The molecule has 0 amide bonds. The van der Waals surface area contributed by atoms with E-state index in [1.54, 1.807) is 36.4 Å². The van der Waals surface area contributed by atoms with Gasteiger partial charge in [0.15, 0.2) is 0 Å². The van der Waals surface area contributed by atoms with Gasteiger partial charge in [-0.05, 0) is 40.6 Å². The van der Waals surface area contributed by atoms with E-state index in [9.17, 15) is 8.42 Å². The van der Waals surface area contributed by atoms with Crippen LogP contribution in [0.1, 0.15) is 5.56 Å². The lowest BCUT2D eigenvalue weighted by Gasteiger charge is -2.09. The smallest absolute Gasteiger partial charge is 0.261 e. The first-order valence-corrected chi connectivity index (χ1v) is 8.31. The van der Waals surface area contributed by atoms with Gasteiger partial charge in [0.05, 0.1) is 4.90 Å². The summed E-state index contributed by atoms with van der Waals surface area (Å²) in [5.74, 6) is 0. The van der Waals surface area contributed by atoms with Crippen molar-refractivity contribution in [1.82, 2.24) is 0 Å². The SMILES string of the molecule is C=Cc1ccc(S(=O)(=O)Nc2ccc3ccccc3c2)cc1. The van der Waals surface area contributed by atoms with Gasteiger partial charge in [0.1, 0.15) is 0 Å². The number of hydrogen-bond donors (Lipinski definition) is 1. The lowest BCUT2D eigenvalue weighted by atomic mass is 10.1. The molecule has 0 saturated heterocycles. The third kappa shape index (κ3) is 2.87. The summed E-state index contributed by atoms with van der Waals surface area (Å²) in [5, 5.41) is 2.06. The Morgan fingerprint density at radius 3 is 2.23 bits per heavy atom. The molecule has 3 aromatic rings. The number of rotatable bonds is 4. The quantitative estimate of drug-likeness (QED) is 0.781. The summed E-state index contributed by atoms with van der Waals surface area (Å²) in [4.78, 5) is 0.228. The molecule has 4 heteroatoms. The van der Waals surface area contributed by atoms with Gasteiger partial charge in [0, 0.05) is 5.69 Å². The summed E-state index contributed by atoms with van der Waals surface area (Å²) in [5.41, 5.74) is 1.43. The Balaban J connectivity index is 1.93. The molecule has 110 valence electrons. The molecule has 0 spiro atoms. The zero-order valence-corrected chi connectivity index (χ0v) is 12.7. The van der Waals surface area contributed by atoms with Crippen molar-refractivity contribution in [2.75, 3.05) is 4.72 Å². The van der Waals surface area contributed by atoms with Gasteiger partial charge in [0.25, 0.3) is 10.0 Å². The first-order chi connectivity index (χ1) is 10.6. The van der Waals surface area contributed by atoms with E-state index in [0.29, 0.717) is 5.69 Å². The molecular formula is C18H15NO2S. The van der Waals surface area contributed by atoms with Crippen molar-refractivity contribution in [1.29, 1.82) is 0 Å². The molecule has 0 unspecified atom stereocenters. The van der Waals surface area contributed by atoms with E-state index in [-0.39, 0.29) is 4.90 Å². The van der Waals surface area contributed by atoms with E-state index in [1.807, 2.05) is 36.4 Å². The topological polar surface area (TPSA) is 46.2 Å². The Kier molecular flexibility index (Phi) is 3.69. The minimum absolute atomic E-state index is 0.228. The number of anilines is 1. The Labute approximate surface area is 130 Å². The van der Waals surface area contributed by atoms with Crippen molar-refractivity contribution in [2.45, 2.75) is 4.90 Å². The number of nitrogens with one attached hydrogen (secondary N) is 1. The van der Waals surface area contributed by atoms with Gasteiger partial charge >= 0.3 is 0 Å². The minimum Gasteiger partial charge on any atom is -0.280 e. The fourth-order valence-corrected chi connectivity index (χ4v) is 3.30. The molecule has 0 saturated carbocycles. The molecule has 0 aliphatic carbocycles. The van der Waals surface area contributed by atoms with Crippen molar-refractivity contribution in [3.05, 3.63) is 78.9 Å². The molecule has 0 aliphatic rings. The van der Waals surface area contributed by atoms with Crippen LogP contribution in [-0.2, 0) is 10.0 Å². The van der Waals surface area contributed by atoms with E-state index in [2.05, 4.69) is 11.3 Å². The van der Waals surface area contributed by atoms with Gasteiger partial charge in [-0.1, -0.05) is 55.1 Å². The molecule has 22 heavy (non-hydrogen) atoms. The zero-order valence-electron chi connectivity index (χ0n) is 11.9. The number of fused-ring (bicyclic) bond motifs is 1. The third-order valence-electron chi connectivity index (χ3n) is 3.43. The Morgan fingerprint density at radius 2 is 1.55 bits per heavy atom. The molecule has 0 atom stereocenters. The van der Waals surface area contributed by atoms with Gasteiger partial charge in [-0.15, -0.1) is 0 Å². The fraction of sp³-hybridized carbons (Fsp3) is 0. The van der Waals surface area contributed by atoms with Crippen molar-refractivity contribution in [3.63, 3.8) is 0 Å². The van der Waals surface area contributed by atoms with Crippen LogP contribution in [0.2, 0.25) is 0 Å². The lowest BCUT2D eigenvalue weighted by molar-refractivity contribution is 0.601. The van der Waals surface area contributed by atoms with Crippen molar-refractivity contribution < 1.29 is 8.42 Å². The zero-order chi connectivity index (χ0) is 15.6. The monoisotopic (exact) mass is 309 g/mol. The highest BCUT2D eigenvalue weighted by molar-refractivity contribution is 7.92. The van der Waals surface area contributed by atoms with Crippen LogP contribution in [0, 0.1) is 0 Å². The second kappa shape index (κ2) is 5.66. The molecule has 0 bridgehead atoms. The van der Waals surface area contributed by atoms with Gasteiger partial charge in [-0.2, -0.15) is 0 Å². The normalized spacial score (nSPS) is 11.3. The van der Waals surface area contributed by atoms with Gasteiger partial charge < -0.3 is 0 Å². The molecule has 3 nitrogen and oxygen atoms in total. The predicted octanol–water partition coefficient (Wildman–Crippen LogP) is 4.28. The van der Waals surface area contributed by atoms with Crippen LogP contribution in [0.3, 0.4) is 0 Å². The highest BCUT2D eigenvalue weighted by atomic mass is 32.2. The maximum Gasteiger partial charge on any atom is 0.261 e. The second-order valence-corrected chi connectivity index (χ2v) is 6.62. The van der Waals surface area contributed by atoms with Crippen molar-refractivity contribution >= 4 is 32.6 Å². The van der Waals surface area contributed by atoms with Crippen molar-refractivity contribution in [3.8, 4) is 0 Å². The standard InChI is InChI=1S/C18H15NO2S/c1-2-14-7-11-18(12-8-14)22(20,21)19-17-10-9-15-5-3-4-6-16(15)13-17/h2-13,19H,1H2. The first kappa shape index (κ1) is 14.4. The maximum atomic E-state index is 12.4. The van der Waals surface area contributed by atoms with Crippen molar-refractivity contribution in [2.24, 2.45) is 0 Å². The van der Waals surface area contributed by atoms with Crippen LogP contribution in [0.25, 0.3) is 16.8 Å². The average molecular weight is 309 g/mol. The van der Waals surface area contributed by atoms with E-state index < -0.39 is 10.0 Å². The molecule has 0 radical (unpaired) electrons. The molecule has 0 aliphatic heterocycles. The molecule has 0 aromatic heterocycles. The molecule has 3 rings (SSSR count).